The second-order valence-corrected chi connectivity index (χ2v) is 6.26. The number of pyridine rings is 1. The molecule has 1 aromatic carbocycles. The van der Waals surface area contributed by atoms with E-state index in [1.165, 1.54) is 0 Å². The number of nitrogens with one attached hydrogen (secondary N) is 2. The van der Waals surface area contributed by atoms with Gasteiger partial charge in [0.25, 0.3) is 5.56 Å². The molecule has 0 saturated carbocycles. The molecule has 0 saturated heterocycles. The summed E-state index contributed by atoms with van der Waals surface area (Å²) in [5.74, 6) is 1.65. The van der Waals surface area contributed by atoms with Gasteiger partial charge in [0.1, 0.15) is 5.75 Å². The van der Waals surface area contributed by atoms with E-state index in [1.807, 2.05) is 48.7 Å². The third kappa shape index (κ3) is 7.53. The quantitative estimate of drug-likeness (QED) is 0.241. The van der Waals surface area contributed by atoms with E-state index < -0.39 is 0 Å². The first-order valence-electron chi connectivity index (χ1n) is 9.47. The van der Waals surface area contributed by atoms with E-state index >= 15 is 0 Å². The maximum atomic E-state index is 11.9. The Morgan fingerprint density at radius 3 is 2.61 bits per heavy atom. The predicted octanol–water partition coefficient (Wildman–Crippen LogP) is 3.32. The van der Waals surface area contributed by atoms with Crippen LogP contribution < -0.4 is 20.9 Å². The minimum Gasteiger partial charge on any atom is -0.494 e. The highest BCUT2D eigenvalue weighted by Gasteiger charge is 2.04. The molecule has 0 fully saturated rings. The van der Waals surface area contributed by atoms with Gasteiger partial charge in [-0.1, -0.05) is 24.3 Å². The van der Waals surface area contributed by atoms with Crippen molar-refractivity contribution in [2.45, 2.75) is 39.8 Å². The van der Waals surface area contributed by atoms with Crippen molar-refractivity contribution in [3.63, 3.8) is 0 Å². The molecule has 0 spiro atoms. The highest BCUT2D eigenvalue weighted by Crippen LogP contribution is 2.17. The summed E-state index contributed by atoms with van der Waals surface area (Å²) in [6, 6.07) is 13.4. The molecule has 0 radical (unpaired) electrons. The lowest BCUT2D eigenvalue weighted by Crippen LogP contribution is -2.37. The van der Waals surface area contributed by atoms with E-state index in [0.29, 0.717) is 13.2 Å². The molecule has 1 heterocycles. The summed E-state index contributed by atoms with van der Waals surface area (Å²) in [5, 5.41) is 6.63. The highest BCUT2D eigenvalue weighted by molar-refractivity contribution is 14.0. The minimum atomic E-state index is 0. The van der Waals surface area contributed by atoms with Gasteiger partial charge in [0, 0.05) is 44.0 Å². The fourth-order valence-corrected chi connectivity index (χ4v) is 2.86. The third-order valence-electron chi connectivity index (χ3n) is 4.31. The van der Waals surface area contributed by atoms with Crippen molar-refractivity contribution in [1.82, 2.24) is 15.2 Å². The Morgan fingerprint density at radius 2 is 1.89 bits per heavy atom. The van der Waals surface area contributed by atoms with Crippen LogP contribution in [0.15, 0.2) is 52.3 Å². The molecule has 1 aromatic heterocycles. The number of hydrogen-bond donors (Lipinski definition) is 2. The van der Waals surface area contributed by atoms with Crippen LogP contribution in [0.2, 0.25) is 0 Å². The summed E-state index contributed by atoms with van der Waals surface area (Å²) in [5.41, 5.74) is 2.16. The number of nitrogens with zero attached hydrogens (tertiary/aromatic N) is 2. The predicted molar refractivity (Wildman–Crippen MR) is 126 cm³/mol. The number of halogens is 1. The Bertz CT molecular complexity index is 805. The molecule has 6 nitrogen and oxygen atoms in total. The van der Waals surface area contributed by atoms with Crippen LogP contribution >= 0.6 is 24.0 Å². The van der Waals surface area contributed by atoms with E-state index in [-0.39, 0.29) is 29.5 Å². The number of rotatable bonds is 9. The van der Waals surface area contributed by atoms with Crippen LogP contribution in [0.25, 0.3) is 0 Å². The number of hydrogen-bond acceptors (Lipinski definition) is 3. The van der Waals surface area contributed by atoms with Gasteiger partial charge < -0.3 is 19.9 Å². The summed E-state index contributed by atoms with van der Waals surface area (Å²) < 4.78 is 7.47. The average molecular weight is 498 g/mol. The Kier molecular flexibility index (Phi) is 11.3. The monoisotopic (exact) mass is 498 g/mol. The average Bonchev–Trinajstić information content (AvgIpc) is 2.67. The van der Waals surface area contributed by atoms with Gasteiger partial charge in [0.05, 0.1) is 6.61 Å². The van der Waals surface area contributed by atoms with E-state index in [2.05, 4.69) is 15.6 Å². The van der Waals surface area contributed by atoms with E-state index in [4.69, 9.17) is 4.74 Å². The topological polar surface area (TPSA) is 67.7 Å². The molecule has 0 aliphatic rings. The standard InChI is InChI=1S/C21H30N4O2.HI/c1-4-27-19-12-6-5-11-18(19)16-24-21(22-3)23-14-7-8-15-25-17(2)10-9-13-20(25)26;/h5-6,9-13H,4,7-8,14-16H2,1-3H3,(H2,22,23,24);1H. The number of benzene rings is 1. The number of aromatic nitrogens is 1. The highest BCUT2D eigenvalue weighted by atomic mass is 127. The second kappa shape index (κ2) is 13.2. The molecule has 0 unspecified atom stereocenters. The van der Waals surface area contributed by atoms with E-state index in [1.54, 1.807) is 19.2 Å². The maximum Gasteiger partial charge on any atom is 0.250 e. The zero-order valence-corrected chi connectivity index (χ0v) is 19.2. The summed E-state index contributed by atoms with van der Waals surface area (Å²) >= 11 is 0. The Hall–Kier alpha value is -2.03. The summed E-state index contributed by atoms with van der Waals surface area (Å²) in [4.78, 5) is 16.1. The lowest BCUT2D eigenvalue weighted by Gasteiger charge is -2.14. The molecule has 2 N–H and O–H groups in total. The Morgan fingerprint density at radius 1 is 1.11 bits per heavy atom. The van der Waals surface area contributed by atoms with Crippen molar-refractivity contribution in [2.75, 3.05) is 20.2 Å². The van der Waals surface area contributed by atoms with Gasteiger partial charge in [-0.15, -0.1) is 24.0 Å². The molecular formula is C21H31IN4O2. The molecule has 7 heteroatoms. The van der Waals surface area contributed by atoms with Gasteiger partial charge in [-0.05, 0) is 38.8 Å². The lowest BCUT2D eigenvalue weighted by atomic mass is 10.2. The second-order valence-electron chi connectivity index (χ2n) is 6.26. The van der Waals surface area contributed by atoms with Crippen molar-refractivity contribution >= 4 is 29.9 Å². The van der Waals surface area contributed by atoms with Gasteiger partial charge in [-0.25, -0.2) is 0 Å². The summed E-state index contributed by atoms with van der Waals surface area (Å²) in [6.07, 6.45) is 1.89. The van der Waals surface area contributed by atoms with Crippen LogP contribution in [0, 0.1) is 6.92 Å². The summed E-state index contributed by atoms with van der Waals surface area (Å²) in [7, 11) is 1.76. The zero-order valence-electron chi connectivity index (χ0n) is 16.9. The van der Waals surface area contributed by atoms with Crippen molar-refractivity contribution in [3.8, 4) is 5.75 Å². The van der Waals surface area contributed by atoms with Gasteiger partial charge in [0.2, 0.25) is 0 Å². The molecule has 0 atom stereocenters. The van der Waals surface area contributed by atoms with Crippen molar-refractivity contribution in [2.24, 2.45) is 4.99 Å². The Balaban J connectivity index is 0.00000392. The van der Waals surface area contributed by atoms with Crippen LogP contribution in [-0.2, 0) is 13.1 Å². The van der Waals surface area contributed by atoms with Crippen molar-refractivity contribution in [1.29, 1.82) is 0 Å². The molecule has 2 aromatic rings. The SMILES string of the molecule is CCOc1ccccc1CNC(=NC)NCCCCn1c(C)cccc1=O.I. The molecule has 0 amide bonds. The normalized spacial score (nSPS) is 10.9. The zero-order chi connectivity index (χ0) is 19.5. The molecule has 154 valence electrons. The fourth-order valence-electron chi connectivity index (χ4n) is 2.86. The van der Waals surface area contributed by atoms with E-state index in [9.17, 15) is 4.79 Å². The smallest absolute Gasteiger partial charge is 0.250 e. The summed E-state index contributed by atoms with van der Waals surface area (Å²) in [6.45, 7) is 6.78. The van der Waals surface area contributed by atoms with Gasteiger partial charge in [-0.2, -0.15) is 0 Å². The number of ether oxygens (including phenoxy) is 1. The molecular weight excluding hydrogens is 467 g/mol. The van der Waals surface area contributed by atoms with Crippen LogP contribution in [0.3, 0.4) is 0 Å². The van der Waals surface area contributed by atoms with Crippen LogP contribution in [-0.4, -0.2) is 30.7 Å². The minimum absolute atomic E-state index is 0. The van der Waals surface area contributed by atoms with Crippen LogP contribution in [0.4, 0.5) is 0 Å². The first kappa shape index (κ1) is 24.0. The Labute approximate surface area is 184 Å². The number of aliphatic imine (C=N–C) groups is 1. The van der Waals surface area contributed by atoms with Gasteiger partial charge >= 0.3 is 0 Å². The van der Waals surface area contributed by atoms with Gasteiger partial charge in [-0.3, -0.25) is 9.79 Å². The molecule has 0 bridgehead atoms. The largest absolute Gasteiger partial charge is 0.494 e. The van der Waals surface area contributed by atoms with Crippen molar-refractivity contribution < 1.29 is 4.74 Å². The van der Waals surface area contributed by atoms with E-state index in [0.717, 1.165) is 48.9 Å². The maximum absolute atomic E-state index is 11.9. The third-order valence-corrected chi connectivity index (χ3v) is 4.31. The van der Waals surface area contributed by atoms with Crippen molar-refractivity contribution in [3.05, 3.63) is 64.1 Å². The first-order valence-corrected chi connectivity index (χ1v) is 9.47. The lowest BCUT2D eigenvalue weighted by molar-refractivity contribution is 0.336. The molecule has 0 aliphatic heterocycles. The first-order chi connectivity index (χ1) is 13.2. The number of aryl methyl sites for hydroxylation is 1. The van der Waals surface area contributed by atoms with Crippen LogP contribution in [0.5, 0.6) is 5.75 Å². The number of guanidine groups is 1. The molecule has 28 heavy (non-hydrogen) atoms. The van der Waals surface area contributed by atoms with Gasteiger partial charge in [0.15, 0.2) is 5.96 Å². The number of para-hydroxylation sites is 1. The fraction of sp³-hybridized carbons (Fsp3) is 0.429. The number of unbranched alkanes of at least 4 members (excludes halogenated alkanes) is 1. The molecule has 0 aliphatic carbocycles. The molecule has 2 rings (SSSR count). The van der Waals surface area contributed by atoms with Crippen LogP contribution in [0.1, 0.15) is 31.0 Å².